The topological polar surface area (TPSA) is 43.6 Å². The summed E-state index contributed by atoms with van der Waals surface area (Å²) in [4.78, 5) is 17.5. The van der Waals surface area contributed by atoms with E-state index < -0.39 is 0 Å². The Morgan fingerprint density at radius 2 is 2.11 bits per heavy atom. The predicted octanol–water partition coefficient (Wildman–Crippen LogP) is 5.04. The fraction of sp³-hybridized carbons (Fsp3) is 0.273. The van der Waals surface area contributed by atoms with Gasteiger partial charge in [0.1, 0.15) is 5.75 Å². The lowest BCUT2D eigenvalue weighted by Crippen LogP contribution is -2.16. The van der Waals surface area contributed by atoms with Gasteiger partial charge in [-0.15, -0.1) is 6.58 Å². The van der Waals surface area contributed by atoms with Crippen LogP contribution >= 0.6 is 23.1 Å². The standard InChI is InChI=1S/C22H24N2O2S2/c1-3-13-24-19-12-11-18(26-2)15-20(19)28-22(24)23-21(25)10-7-14-27-16-17-8-5-4-6-9-17/h3-6,8-9,11-12,15H,1,7,10,13-14,16H2,2H3. The Labute approximate surface area is 173 Å². The molecule has 1 heterocycles. The van der Waals surface area contributed by atoms with Crippen molar-refractivity contribution in [1.82, 2.24) is 4.57 Å². The lowest BCUT2D eigenvalue weighted by atomic mass is 10.2. The van der Waals surface area contributed by atoms with Crippen LogP contribution < -0.4 is 9.54 Å². The summed E-state index contributed by atoms with van der Waals surface area (Å²) in [5.41, 5.74) is 2.35. The second-order valence-corrected chi connectivity index (χ2v) is 8.38. The molecule has 146 valence electrons. The quantitative estimate of drug-likeness (QED) is 0.365. The van der Waals surface area contributed by atoms with Gasteiger partial charge in [0, 0.05) is 18.7 Å². The number of hydrogen-bond donors (Lipinski definition) is 0. The van der Waals surface area contributed by atoms with Crippen LogP contribution in [0, 0.1) is 0 Å². The molecule has 1 aromatic heterocycles. The minimum atomic E-state index is -0.0726. The number of aromatic nitrogens is 1. The summed E-state index contributed by atoms with van der Waals surface area (Å²) in [6, 6.07) is 16.3. The first-order valence-corrected chi connectivity index (χ1v) is 11.2. The van der Waals surface area contributed by atoms with Crippen LogP contribution in [0.1, 0.15) is 18.4 Å². The Hall–Kier alpha value is -2.31. The van der Waals surface area contributed by atoms with Crippen LogP contribution in [-0.4, -0.2) is 23.3 Å². The molecule has 4 nitrogen and oxygen atoms in total. The molecule has 0 spiro atoms. The second-order valence-electron chi connectivity index (χ2n) is 6.26. The van der Waals surface area contributed by atoms with Gasteiger partial charge in [-0.2, -0.15) is 16.8 Å². The number of thioether (sulfide) groups is 1. The number of nitrogens with zero attached hydrogens (tertiary/aromatic N) is 2. The van der Waals surface area contributed by atoms with Crippen molar-refractivity contribution in [1.29, 1.82) is 0 Å². The third-order valence-corrected chi connectivity index (χ3v) is 6.37. The van der Waals surface area contributed by atoms with Crippen LogP contribution in [-0.2, 0) is 17.1 Å². The molecule has 3 aromatic rings. The van der Waals surface area contributed by atoms with Gasteiger partial charge in [0.25, 0.3) is 0 Å². The number of fused-ring (bicyclic) bond motifs is 1. The number of allylic oxidation sites excluding steroid dienone is 1. The van der Waals surface area contributed by atoms with E-state index in [-0.39, 0.29) is 5.91 Å². The average Bonchev–Trinajstić information content (AvgIpc) is 3.05. The molecule has 0 fully saturated rings. The van der Waals surface area contributed by atoms with E-state index in [0.29, 0.717) is 17.8 Å². The van der Waals surface area contributed by atoms with Crippen molar-refractivity contribution in [3.05, 3.63) is 71.6 Å². The number of ether oxygens (including phenoxy) is 1. The first-order valence-electron chi connectivity index (χ1n) is 9.19. The van der Waals surface area contributed by atoms with E-state index in [4.69, 9.17) is 4.74 Å². The first kappa shape index (κ1) is 20.4. The van der Waals surface area contributed by atoms with Crippen molar-refractivity contribution in [3.8, 4) is 5.75 Å². The molecule has 28 heavy (non-hydrogen) atoms. The maximum Gasteiger partial charge on any atom is 0.248 e. The molecule has 0 aliphatic heterocycles. The van der Waals surface area contributed by atoms with Crippen molar-refractivity contribution in [3.63, 3.8) is 0 Å². The van der Waals surface area contributed by atoms with E-state index in [9.17, 15) is 4.79 Å². The second kappa shape index (κ2) is 10.3. The van der Waals surface area contributed by atoms with Crippen molar-refractivity contribution >= 4 is 39.2 Å². The Morgan fingerprint density at radius 1 is 1.29 bits per heavy atom. The fourth-order valence-electron chi connectivity index (χ4n) is 2.82. The Balaban J connectivity index is 1.63. The number of amides is 1. The van der Waals surface area contributed by atoms with Gasteiger partial charge in [-0.05, 0) is 35.9 Å². The highest BCUT2D eigenvalue weighted by atomic mass is 32.2. The highest BCUT2D eigenvalue weighted by Gasteiger charge is 2.08. The number of benzene rings is 2. The Kier molecular flexibility index (Phi) is 7.51. The highest BCUT2D eigenvalue weighted by molar-refractivity contribution is 7.98. The third-order valence-electron chi connectivity index (χ3n) is 4.21. The van der Waals surface area contributed by atoms with Crippen LogP contribution in [0.3, 0.4) is 0 Å². The number of thiazole rings is 1. The molecule has 0 aliphatic rings. The van der Waals surface area contributed by atoms with Crippen molar-refractivity contribution in [2.24, 2.45) is 4.99 Å². The molecule has 3 rings (SSSR count). The molecule has 0 N–H and O–H groups in total. The minimum Gasteiger partial charge on any atom is -0.497 e. The van der Waals surface area contributed by atoms with Gasteiger partial charge < -0.3 is 9.30 Å². The zero-order chi connectivity index (χ0) is 19.8. The maximum absolute atomic E-state index is 12.4. The molecule has 2 aromatic carbocycles. The smallest absolute Gasteiger partial charge is 0.248 e. The molecule has 0 aliphatic carbocycles. The van der Waals surface area contributed by atoms with E-state index in [1.54, 1.807) is 7.11 Å². The van der Waals surface area contributed by atoms with E-state index >= 15 is 0 Å². The SMILES string of the molecule is C=CCn1c(=NC(=O)CCCSCc2ccccc2)sc2cc(OC)ccc21. The van der Waals surface area contributed by atoms with Crippen LogP contribution in [0.4, 0.5) is 0 Å². The zero-order valence-corrected chi connectivity index (χ0v) is 17.6. The summed E-state index contributed by atoms with van der Waals surface area (Å²) in [5.74, 6) is 2.65. The lowest BCUT2D eigenvalue weighted by molar-refractivity contribution is -0.118. The Morgan fingerprint density at radius 3 is 2.86 bits per heavy atom. The van der Waals surface area contributed by atoms with E-state index in [0.717, 1.165) is 33.9 Å². The number of methoxy groups -OCH3 is 1. The third kappa shape index (κ3) is 5.36. The summed E-state index contributed by atoms with van der Waals surface area (Å²) in [6.45, 7) is 4.44. The van der Waals surface area contributed by atoms with Gasteiger partial charge in [0.15, 0.2) is 4.80 Å². The molecule has 1 amide bonds. The van der Waals surface area contributed by atoms with E-state index in [2.05, 4.69) is 35.8 Å². The zero-order valence-electron chi connectivity index (χ0n) is 16.0. The van der Waals surface area contributed by atoms with Gasteiger partial charge in [-0.3, -0.25) is 4.79 Å². The van der Waals surface area contributed by atoms with Gasteiger partial charge >= 0.3 is 0 Å². The summed E-state index contributed by atoms with van der Waals surface area (Å²) < 4.78 is 8.37. The lowest BCUT2D eigenvalue weighted by Gasteiger charge is -2.02. The van der Waals surface area contributed by atoms with Crippen LogP contribution in [0.25, 0.3) is 10.2 Å². The molecule has 0 saturated carbocycles. The van der Waals surface area contributed by atoms with Gasteiger partial charge in [-0.1, -0.05) is 47.7 Å². The van der Waals surface area contributed by atoms with Gasteiger partial charge in [0.05, 0.1) is 17.3 Å². The monoisotopic (exact) mass is 412 g/mol. The molecule has 6 heteroatoms. The summed E-state index contributed by atoms with van der Waals surface area (Å²) in [6.07, 6.45) is 3.12. The van der Waals surface area contributed by atoms with Crippen LogP contribution in [0.2, 0.25) is 0 Å². The summed E-state index contributed by atoms with van der Waals surface area (Å²) >= 11 is 3.36. The number of carbonyl (C=O) groups excluding carboxylic acids is 1. The largest absolute Gasteiger partial charge is 0.497 e. The van der Waals surface area contributed by atoms with Crippen LogP contribution in [0.5, 0.6) is 5.75 Å². The predicted molar refractivity (Wildman–Crippen MR) is 119 cm³/mol. The number of rotatable bonds is 9. The molecule has 0 saturated heterocycles. The molecular weight excluding hydrogens is 388 g/mol. The number of carbonyl (C=O) groups is 1. The fourth-order valence-corrected chi connectivity index (χ4v) is 4.83. The summed E-state index contributed by atoms with van der Waals surface area (Å²) in [5, 5.41) is 0. The first-order chi connectivity index (χ1) is 13.7. The van der Waals surface area contributed by atoms with Crippen LogP contribution in [0.15, 0.2) is 66.2 Å². The maximum atomic E-state index is 12.4. The van der Waals surface area contributed by atoms with E-state index in [1.165, 1.54) is 16.9 Å². The molecule has 0 radical (unpaired) electrons. The van der Waals surface area contributed by atoms with Crippen molar-refractivity contribution < 1.29 is 9.53 Å². The van der Waals surface area contributed by atoms with Gasteiger partial charge in [-0.25, -0.2) is 0 Å². The van der Waals surface area contributed by atoms with Crippen molar-refractivity contribution in [2.75, 3.05) is 12.9 Å². The Bertz CT molecular complexity index is 1010. The normalized spacial score (nSPS) is 11.7. The van der Waals surface area contributed by atoms with E-state index in [1.807, 2.05) is 46.7 Å². The van der Waals surface area contributed by atoms with Gasteiger partial charge in [0.2, 0.25) is 5.91 Å². The highest BCUT2D eigenvalue weighted by Crippen LogP contribution is 2.23. The molecule has 0 unspecified atom stereocenters. The number of hydrogen-bond acceptors (Lipinski definition) is 4. The molecule has 0 atom stereocenters. The molecule has 0 bridgehead atoms. The van der Waals surface area contributed by atoms with Crippen molar-refractivity contribution in [2.45, 2.75) is 25.1 Å². The summed E-state index contributed by atoms with van der Waals surface area (Å²) in [7, 11) is 1.65. The minimum absolute atomic E-state index is 0.0726. The average molecular weight is 413 g/mol. The molecular formula is C22H24N2O2S2.